The largest absolute Gasteiger partial charge is 1.00 e. The fourth-order valence-corrected chi connectivity index (χ4v) is 6.20. The van der Waals surface area contributed by atoms with Gasteiger partial charge < -0.3 is 13.5 Å². The van der Waals surface area contributed by atoms with Crippen LogP contribution >= 0.6 is 19.3 Å². The van der Waals surface area contributed by atoms with Crippen molar-refractivity contribution in [2.45, 2.75) is 95.8 Å². The van der Waals surface area contributed by atoms with Gasteiger partial charge in [0.25, 0.3) is 7.75 Å². The molecule has 0 fully saturated rings. The normalized spacial score (nSPS) is 12.0. The van der Waals surface area contributed by atoms with Gasteiger partial charge in [0, 0.05) is 9.92 Å². The van der Waals surface area contributed by atoms with Gasteiger partial charge in [-0.2, -0.15) is 0 Å². The second-order valence-electron chi connectivity index (χ2n) is 7.68. The molecule has 0 bridgehead atoms. The Morgan fingerprint density at radius 1 is 0.781 bits per heavy atom. The van der Waals surface area contributed by atoms with Crippen LogP contribution in [0.25, 0.3) is 4.49 Å². The molecule has 180 valence electrons. The van der Waals surface area contributed by atoms with Gasteiger partial charge in [-0.3, -0.25) is 4.57 Å². The Hall–Kier alpha value is 0.570. The van der Waals surface area contributed by atoms with Gasteiger partial charge in [0.05, 0.1) is 13.2 Å². The topological polar surface area (TPSA) is 83.8 Å². The molecule has 1 rings (SSSR count). The second kappa shape index (κ2) is 18.8. The molecule has 1 aromatic rings. The summed E-state index contributed by atoms with van der Waals surface area (Å²) >= 11 is 5.83. The molecule has 0 unspecified atom stereocenters. The molecule has 0 aliphatic heterocycles. The van der Waals surface area contributed by atoms with Gasteiger partial charge >= 0.3 is 29.6 Å². The van der Waals surface area contributed by atoms with E-state index in [0.29, 0.717) is 17.9 Å². The molecule has 0 spiro atoms. The van der Waals surface area contributed by atoms with Crippen molar-refractivity contribution in [1.29, 1.82) is 0 Å². The first-order chi connectivity index (χ1) is 14.8. The van der Waals surface area contributed by atoms with E-state index in [1.807, 2.05) is 0 Å². The molecule has 0 amide bonds. The summed E-state index contributed by atoms with van der Waals surface area (Å²) in [5, 5.41) is 0.403. The maximum absolute atomic E-state index is 13.1. The van der Waals surface area contributed by atoms with Crippen LogP contribution in [0.3, 0.4) is 0 Å². The van der Waals surface area contributed by atoms with Gasteiger partial charge in [-0.05, 0) is 37.1 Å². The molecular weight excluding hydrogens is 480 g/mol. The molecular formula is C22H38ClNNaO5PS. The van der Waals surface area contributed by atoms with Crippen LogP contribution in [0.15, 0.2) is 29.2 Å². The third-order valence-electron chi connectivity index (χ3n) is 4.82. The molecule has 0 saturated heterocycles. The molecule has 32 heavy (non-hydrogen) atoms. The Labute approximate surface area is 222 Å². The van der Waals surface area contributed by atoms with Crippen LogP contribution < -0.4 is 29.6 Å². The standard InChI is InChI=1S/C22H38ClNO5PS.Na/c1-3-5-7-9-11-13-19-28-30(25,29-20-14-12-10-8-6-4-2)24-31(26,27)22-17-15-21(23)16-18-22;/h15-18H,3-14,19-20H2,1-2H3;/q-1;+1. The number of halogens is 1. The monoisotopic (exact) mass is 517 g/mol. The summed E-state index contributed by atoms with van der Waals surface area (Å²) in [6.45, 7) is 4.62. The Kier molecular flexibility index (Phi) is 19.2. The van der Waals surface area contributed by atoms with Crippen LogP contribution in [-0.4, -0.2) is 21.6 Å². The molecule has 0 heterocycles. The van der Waals surface area contributed by atoms with E-state index in [-0.39, 0.29) is 47.7 Å². The van der Waals surface area contributed by atoms with E-state index in [4.69, 9.17) is 20.6 Å². The average Bonchev–Trinajstić information content (AvgIpc) is 2.72. The molecule has 1 aromatic carbocycles. The Morgan fingerprint density at radius 3 is 1.62 bits per heavy atom. The van der Waals surface area contributed by atoms with E-state index >= 15 is 0 Å². The van der Waals surface area contributed by atoms with Crippen molar-refractivity contribution in [3.05, 3.63) is 33.8 Å². The summed E-state index contributed by atoms with van der Waals surface area (Å²) in [6, 6.07) is 5.55. The van der Waals surface area contributed by atoms with Crippen LogP contribution in [0, 0.1) is 0 Å². The minimum Gasteiger partial charge on any atom is -0.438 e. The Morgan fingerprint density at radius 2 is 1.19 bits per heavy atom. The summed E-state index contributed by atoms with van der Waals surface area (Å²) in [4.78, 5) is -0.0940. The number of hydrogen-bond acceptors (Lipinski definition) is 5. The predicted octanol–water partition coefficient (Wildman–Crippen LogP) is 5.27. The number of rotatable bonds is 19. The first-order valence-electron chi connectivity index (χ1n) is 11.5. The zero-order chi connectivity index (χ0) is 23.0. The summed E-state index contributed by atoms with van der Waals surface area (Å²) in [7, 11) is -8.33. The minimum atomic E-state index is -4.19. The van der Waals surface area contributed by atoms with E-state index in [9.17, 15) is 13.0 Å². The van der Waals surface area contributed by atoms with Crippen molar-refractivity contribution in [3.8, 4) is 0 Å². The summed E-state index contributed by atoms with van der Waals surface area (Å²) in [5.74, 6) is 0. The van der Waals surface area contributed by atoms with E-state index in [2.05, 4.69) is 18.3 Å². The third kappa shape index (κ3) is 14.7. The molecule has 0 atom stereocenters. The summed E-state index contributed by atoms with van der Waals surface area (Å²) in [5.41, 5.74) is 0. The van der Waals surface area contributed by atoms with E-state index < -0.39 is 17.8 Å². The SMILES string of the molecule is CCCCCCCCOP(=O)([N-]S(=O)(=O)c1ccc(Cl)cc1)OCCCCCCCC.[Na+]. The number of unbranched alkanes of at least 4 members (excludes halogenated alkanes) is 10. The van der Waals surface area contributed by atoms with Crippen LogP contribution in [0.1, 0.15) is 90.9 Å². The van der Waals surface area contributed by atoms with E-state index in [1.54, 1.807) is 0 Å². The number of hydrogen-bond donors (Lipinski definition) is 0. The van der Waals surface area contributed by atoms with Gasteiger partial charge in [-0.1, -0.05) is 89.7 Å². The number of benzene rings is 1. The zero-order valence-corrected chi connectivity index (χ0v) is 24.4. The Bertz CT molecular complexity index is 727. The molecule has 0 radical (unpaired) electrons. The van der Waals surface area contributed by atoms with Crippen molar-refractivity contribution in [3.63, 3.8) is 0 Å². The third-order valence-corrected chi connectivity index (χ3v) is 8.62. The molecule has 0 N–H and O–H groups in total. The maximum Gasteiger partial charge on any atom is 1.00 e. The molecule has 10 heteroatoms. The van der Waals surface area contributed by atoms with E-state index in [1.165, 1.54) is 49.9 Å². The van der Waals surface area contributed by atoms with E-state index in [0.717, 1.165) is 38.5 Å². The predicted molar refractivity (Wildman–Crippen MR) is 128 cm³/mol. The minimum absolute atomic E-state index is 0. The molecule has 6 nitrogen and oxygen atoms in total. The van der Waals surface area contributed by atoms with Crippen LogP contribution in [0.2, 0.25) is 5.02 Å². The average molecular weight is 518 g/mol. The number of nitrogens with zero attached hydrogens (tertiary/aromatic N) is 1. The van der Waals surface area contributed by atoms with Crippen molar-refractivity contribution in [1.82, 2.24) is 0 Å². The quantitative estimate of drug-likeness (QED) is 0.142. The van der Waals surface area contributed by atoms with Gasteiger partial charge in [0.15, 0.2) is 0 Å². The van der Waals surface area contributed by atoms with Crippen LogP contribution in [-0.2, 0) is 23.6 Å². The molecule has 0 aliphatic rings. The summed E-state index contributed by atoms with van der Waals surface area (Å²) < 4.78 is 52.8. The van der Waals surface area contributed by atoms with Crippen molar-refractivity contribution >= 4 is 29.4 Å². The van der Waals surface area contributed by atoms with Crippen molar-refractivity contribution < 1.29 is 51.6 Å². The smallest absolute Gasteiger partial charge is 0.438 e. The zero-order valence-electron chi connectivity index (χ0n) is 19.9. The van der Waals surface area contributed by atoms with Crippen molar-refractivity contribution in [2.24, 2.45) is 0 Å². The van der Waals surface area contributed by atoms with Gasteiger partial charge in [-0.15, -0.1) is 0 Å². The first kappa shape index (κ1) is 32.6. The van der Waals surface area contributed by atoms with Crippen LogP contribution in [0.4, 0.5) is 0 Å². The van der Waals surface area contributed by atoms with Crippen molar-refractivity contribution in [2.75, 3.05) is 13.2 Å². The molecule has 0 aliphatic carbocycles. The second-order valence-corrected chi connectivity index (χ2v) is 11.6. The fraction of sp³-hybridized carbons (Fsp3) is 0.727. The Balaban J connectivity index is 0.00000961. The molecule has 0 aromatic heterocycles. The van der Waals surface area contributed by atoms with Gasteiger partial charge in [0.1, 0.15) is 10.0 Å². The molecule has 0 saturated carbocycles. The first-order valence-corrected chi connectivity index (χ1v) is 14.8. The van der Waals surface area contributed by atoms with Gasteiger partial charge in [0.2, 0.25) is 0 Å². The van der Waals surface area contributed by atoms with Crippen LogP contribution in [0.5, 0.6) is 0 Å². The summed E-state index contributed by atoms with van der Waals surface area (Å²) in [6.07, 6.45) is 12.4. The fourth-order valence-electron chi connectivity index (χ4n) is 2.99. The maximum atomic E-state index is 13.1. The van der Waals surface area contributed by atoms with Gasteiger partial charge in [-0.25, -0.2) is 8.42 Å². The number of sulfonamides is 1.